The summed E-state index contributed by atoms with van der Waals surface area (Å²) in [4.78, 5) is 11.7. The maximum absolute atomic E-state index is 11.5. The predicted molar refractivity (Wildman–Crippen MR) is 68.1 cm³/mol. The standard InChI is InChI=1S/C12H16BrNO2/c1-3-11(13)9(2)14-12(15)16-10-7-5-4-6-8-10/h4-9,11H,3H2,1-2H3,(H,14,15)/t9-,11?/m0/s1. The van der Waals surface area contributed by atoms with Gasteiger partial charge in [-0.2, -0.15) is 0 Å². The van der Waals surface area contributed by atoms with Gasteiger partial charge in [0.1, 0.15) is 5.75 Å². The third kappa shape index (κ3) is 4.23. The summed E-state index contributed by atoms with van der Waals surface area (Å²) < 4.78 is 5.11. The Kier molecular flexibility index (Phi) is 5.32. The van der Waals surface area contributed by atoms with Gasteiger partial charge in [0.25, 0.3) is 0 Å². The zero-order valence-electron chi connectivity index (χ0n) is 9.44. The summed E-state index contributed by atoms with van der Waals surface area (Å²) in [5.41, 5.74) is 0. The number of benzene rings is 1. The highest BCUT2D eigenvalue weighted by Crippen LogP contribution is 2.11. The van der Waals surface area contributed by atoms with Crippen LogP contribution in [-0.2, 0) is 0 Å². The lowest BCUT2D eigenvalue weighted by atomic mass is 10.2. The first kappa shape index (κ1) is 13.0. The average Bonchev–Trinajstić information content (AvgIpc) is 2.29. The van der Waals surface area contributed by atoms with Gasteiger partial charge in [-0.05, 0) is 25.5 Å². The van der Waals surface area contributed by atoms with Crippen LogP contribution in [0, 0.1) is 0 Å². The molecular weight excluding hydrogens is 270 g/mol. The third-order valence-corrected chi connectivity index (χ3v) is 3.67. The molecule has 1 aromatic carbocycles. The quantitative estimate of drug-likeness (QED) is 0.862. The molecule has 4 heteroatoms. The van der Waals surface area contributed by atoms with Crippen LogP contribution in [0.1, 0.15) is 20.3 Å². The Morgan fingerprint density at radius 3 is 2.62 bits per heavy atom. The summed E-state index contributed by atoms with van der Waals surface area (Å²) in [6.45, 7) is 4.00. The van der Waals surface area contributed by atoms with Gasteiger partial charge in [0.05, 0.1) is 0 Å². The Hall–Kier alpha value is -1.03. The predicted octanol–water partition coefficient (Wildman–Crippen LogP) is 3.34. The van der Waals surface area contributed by atoms with Gasteiger partial charge >= 0.3 is 6.09 Å². The SMILES string of the molecule is CCC(Br)[C@H](C)NC(=O)Oc1ccccc1. The van der Waals surface area contributed by atoms with Crippen LogP contribution in [0.3, 0.4) is 0 Å². The van der Waals surface area contributed by atoms with Gasteiger partial charge in [-0.1, -0.05) is 41.1 Å². The molecule has 1 N–H and O–H groups in total. The van der Waals surface area contributed by atoms with Gasteiger partial charge in [-0.25, -0.2) is 4.79 Å². The van der Waals surface area contributed by atoms with E-state index < -0.39 is 6.09 Å². The molecule has 0 bridgehead atoms. The van der Waals surface area contributed by atoms with Crippen molar-refractivity contribution in [1.82, 2.24) is 5.32 Å². The topological polar surface area (TPSA) is 38.3 Å². The molecule has 1 unspecified atom stereocenters. The van der Waals surface area contributed by atoms with Crippen molar-refractivity contribution in [2.75, 3.05) is 0 Å². The highest BCUT2D eigenvalue weighted by atomic mass is 79.9. The van der Waals surface area contributed by atoms with Gasteiger partial charge < -0.3 is 10.1 Å². The fourth-order valence-electron chi connectivity index (χ4n) is 1.25. The van der Waals surface area contributed by atoms with E-state index in [-0.39, 0.29) is 10.9 Å². The molecule has 0 radical (unpaired) electrons. The lowest BCUT2D eigenvalue weighted by molar-refractivity contribution is 0.196. The van der Waals surface area contributed by atoms with E-state index in [1.54, 1.807) is 12.1 Å². The number of ether oxygens (including phenoxy) is 1. The Morgan fingerprint density at radius 1 is 1.44 bits per heavy atom. The molecule has 2 atom stereocenters. The zero-order chi connectivity index (χ0) is 12.0. The molecule has 16 heavy (non-hydrogen) atoms. The smallest absolute Gasteiger partial charge is 0.410 e. The van der Waals surface area contributed by atoms with Crippen LogP contribution in [0.25, 0.3) is 0 Å². The number of hydrogen-bond acceptors (Lipinski definition) is 2. The van der Waals surface area contributed by atoms with Crippen molar-refractivity contribution in [1.29, 1.82) is 0 Å². The molecule has 0 saturated heterocycles. The lowest BCUT2D eigenvalue weighted by Gasteiger charge is -2.17. The van der Waals surface area contributed by atoms with E-state index in [1.807, 2.05) is 25.1 Å². The molecule has 0 aliphatic heterocycles. The summed E-state index contributed by atoms with van der Waals surface area (Å²) in [6.07, 6.45) is 0.531. The normalized spacial score (nSPS) is 13.9. The molecule has 0 saturated carbocycles. The highest BCUT2D eigenvalue weighted by molar-refractivity contribution is 9.09. The second-order valence-electron chi connectivity index (χ2n) is 3.56. The number of hydrogen-bond donors (Lipinski definition) is 1. The molecule has 88 valence electrons. The van der Waals surface area contributed by atoms with Gasteiger partial charge in [-0.15, -0.1) is 0 Å². The van der Waals surface area contributed by atoms with Crippen molar-refractivity contribution >= 4 is 22.0 Å². The van der Waals surface area contributed by atoms with Crippen LogP contribution in [0.15, 0.2) is 30.3 Å². The largest absolute Gasteiger partial charge is 0.412 e. The fourth-order valence-corrected chi connectivity index (χ4v) is 1.39. The van der Waals surface area contributed by atoms with E-state index in [9.17, 15) is 4.79 Å². The van der Waals surface area contributed by atoms with E-state index in [2.05, 4.69) is 28.2 Å². The van der Waals surface area contributed by atoms with E-state index >= 15 is 0 Å². The van der Waals surface area contributed by atoms with Crippen LogP contribution in [-0.4, -0.2) is 17.0 Å². The van der Waals surface area contributed by atoms with Crippen LogP contribution in [0.4, 0.5) is 4.79 Å². The number of halogens is 1. The first-order valence-corrected chi connectivity index (χ1v) is 6.22. The second-order valence-corrected chi connectivity index (χ2v) is 4.74. The molecule has 0 aromatic heterocycles. The van der Waals surface area contributed by atoms with Gasteiger partial charge in [0.2, 0.25) is 0 Å². The second kappa shape index (κ2) is 6.53. The summed E-state index contributed by atoms with van der Waals surface area (Å²) in [5.74, 6) is 0.551. The van der Waals surface area contributed by atoms with E-state index in [0.29, 0.717) is 5.75 Å². The maximum Gasteiger partial charge on any atom is 0.412 e. The minimum absolute atomic E-state index is 0.0428. The summed E-state index contributed by atoms with van der Waals surface area (Å²) in [6, 6.07) is 9.06. The number of alkyl halides is 1. The van der Waals surface area contributed by atoms with Crippen molar-refractivity contribution in [2.45, 2.75) is 31.1 Å². The van der Waals surface area contributed by atoms with Crippen LogP contribution in [0.2, 0.25) is 0 Å². The van der Waals surface area contributed by atoms with E-state index in [0.717, 1.165) is 6.42 Å². The fraction of sp³-hybridized carbons (Fsp3) is 0.417. The summed E-state index contributed by atoms with van der Waals surface area (Å²) in [5, 5.41) is 2.77. The van der Waals surface area contributed by atoms with Crippen LogP contribution < -0.4 is 10.1 Å². The third-order valence-electron chi connectivity index (χ3n) is 2.23. The number of carbonyl (C=O) groups excluding carboxylic acids is 1. The molecule has 3 nitrogen and oxygen atoms in total. The van der Waals surface area contributed by atoms with Gasteiger partial charge in [0.15, 0.2) is 0 Å². The Labute approximate surface area is 104 Å². The number of nitrogens with one attached hydrogen (secondary N) is 1. The number of amides is 1. The molecule has 0 aliphatic rings. The van der Waals surface area contributed by atoms with Crippen molar-refractivity contribution in [2.24, 2.45) is 0 Å². The Balaban J connectivity index is 2.42. The number of para-hydroxylation sites is 1. The molecule has 0 heterocycles. The zero-order valence-corrected chi connectivity index (χ0v) is 11.0. The Morgan fingerprint density at radius 2 is 2.06 bits per heavy atom. The number of rotatable bonds is 4. The molecule has 0 fully saturated rings. The lowest BCUT2D eigenvalue weighted by Crippen LogP contribution is -2.39. The molecular formula is C12H16BrNO2. The van der Waals surface area contributed by atoms with Gasteiger partial charge in [0, 0.05) is 10.9 Å². The molecule has 0 aliphatic carbocycles. The maximum atomic E-state index is 11.5. The van der Waals surface area contributed by atoms with E-state index in [1.165, 1.54) is 0 Å². The molecule has 0 spiro atoms. The minimum atomic E-state index is -0.420. The first-order valence-electron chi connectivity index (χ1n) is 5.31. The minimum Gasteiger partial charge on any atom is -0.410 e. The first-order chi connectivity index (χ1) is 7.63. The van der Waals surface area contributed by atoms with Crippen molar-refractivity contribution in [3.05, 3.63) is 30.3 Å². The van der Waals surface area contributed by atoms with Gasteiger partial charge in [-0.3, -0.25) is 0 Å². The molecule has 1 rings (SSSR count). The van der Waals surface area contributed by atoms with Crippen molar-refractivity contribution < 1.29 is 9.53 Å². The number of carbonyl (C=O) groups is 1. The van der Waals surface area contributed by atoms with Crippen LogP contribution in [0.5, 0.6) is 5.75 Å². The molecule has 1 aromatic rings. The Bertz CT molecular complexity index is 329. The van der Waals surface area contributed by atoms with Crippen molar-refractivity contribution in [3.8, 4) is 5.75 Å². The summed E-state index contributed by atoms with van der Waals surface area (Å²) in [7, 11) is 0. The van der Waals surface area contributed by atoms with E-state index in [4.69, 9.17) is 4.74 Å². The molecule has 1 amide bonds. The van der Waals surface area contributed by atoms with Crippen molar-refractivity contribution in [3.63, 3.8) is 0 Å². The monoisotopic (exact) mass is 285 g/mol. The highest BCUT2D eigenvalue weighted by Gasteiger charge is 2.15. The summed E-state index contributed by atoms with van der Waals surface area (Å²) >= 11 is 3.49. The average molecular weight is 286 g/mol. The van der Waals surface area contributed by atoms with Crippen LogP contribution >= 0.6 is 15.9 Å².